The van der Waals surface area contributed by atoms with Gasteiger partial charge in [0.2, 0.25) is 5.91 Å². The molecule has 0 saturated heterocycles. The summed E-state index contributed by atoms with van der Waals surface area (Å²) in [5.41, 5.74) is 7.22. The predicted molar refractivity (Wildman–Crippen MR) is 97.0 cm³/mol. The third-order valence-corrected chi connectivity index (χ3v) is 4.66. The molecule has 0 aliphatic carbocycles. The highest BCUT2D eigenvalue weighted by Gasteiger charge is 2.36. The van der Waals surface area contributed by atoms with Gasteiger partial charge in [0.05, 0.1) is 5.41 Å². The van der Waals surface area contributed by atoms with Crippen LogP contribution in [0.25, 0.3) is 0 Å². The average molecular weight is 319 g/mol. The molecule has 0 bridgehead atoms. The average Bonchev–Trinajstić information content (AvgIpc) is 2.35. The Bertz CT molecular complexity index is 556. The number of amides is 1. The van der Waals surface area contributed by atoms with Crippen molar-refractivity contribution in [3.8, 4) is 5.75 Å². The molecule has 0 radical (unpaired) electrons. The van der Waals surface area contributed by atoms with E-state index in [0.717, 1.165) is 23.1 Å². The molecule has 3 heteroatoms. The van der Waals surface area contributed by atoms with E-state index in [1.807, 2.05) is 19.1 Å². The van der Waals surface area contributed by atoms with Gasteiger partial charge in [-0.1, -0.05) is 67.0 Å². The van der Waals surface area contributed by atoms with E-state index in [0.29, 0.717) is 12.2 Å². The maximum atomic E-state index is 12.2. The van der Waals surface area contributed by atoms with Crippen molar-refractivity contribution in [2.45, 2.75) is 84.5 Å². The number of primary amides is 1. The summed E-state index contributed by atoms with van der Waals surface area (Å²) in [5.74, 6) is 0.0156. The summed E-state index contributed by atoms with van der Waals surface area (Å²) in [7, 11) is 0. The second kappa shape index (κ2) is 6.18. The van der Waals surface area contributed by atoms with Gasteiger partial charge in [0.25, 0.3) is 0 Å². The van der Waals surface area contributed by atoms with Gasteiger partial charge in [-0.2, -0.15) is 0 Å². The molecule has 1 unspecified atom stereocenters. The Morgan fingerprint density at radius 3 is 1.65 bits per heavy atom. The fourth-order valence-corrected chi connectivity index (χ4v) is 3.01. The van der Waals surface area contributed by atoms with Crippen LogP contribution in [0.4, 0.5) is 0 Å². The van der Waals surface area contributed by atoms with E-state index in [9.17, 15) is 9.90 Å². The van der Waals surface area contributed by atoms with Gasteiger partial charge in [-0.3, -0.25) is 4.79 Å². The number of rotatable bonds is 4. The first-order chi connectivity index (χ1) is 10.2. The number of phenols is 1. The highest BCUT2D eigenvalue weighted by atomic mass is 16.3. The largest absolute Gasteiger partial charge is 0.507 e. The number of hydrogen-bond acceptors (Lipinski definition) is 2. The van der Waals surface area contributed by atoms with E-state index in [2.05, 4.69) is 48.5 Å². The Labute approximate surface area is 141 Å². The quantitative estimate of drug-likeness (QED) is 0.856. The predicted octanol–water partition coefficient (Wildman–Crippen LogP) is 4.53. The molecule has 3 nitrogen and oxygen atoms in total. The highest BCUT2D eigenvalue weighted by Crippen LogP contribution is 2.43. The first-order valence-electron chi connectivity index (χ1n) is 8.43. The van der Waals surface area contributed by atoms with E-state index in [1.54, 1.807) is 0 Å². The second-order valence-electron chi connectivity index (χ2n) is 8.87. The number of aromatic hydroxyl groups is 1. The number of nitrogens with two attached hydrogens (primary N) is 1. The molecule has 0 fully saturated rings. The summed E-state index contributed by atoms with van der Waals surface area (Å²) >= 11 is 0. The molecule has 0 saturated carbocycles. The van der Waals surface area contributed by atoms with Crippen LogP contribution in [-0.2, 0) is 21.0 Å². The van der Waals surface area contributed by atoms with E-state index in [4.69, 9.17) is 5.73 Å². The molecule has 0 spiro atoms. The zero-order chi connectivity index (χ0) is 18.2. The van der Waals surface area contributed by atoms with Gasteiger partial charge in [-0.25, -0.2) is 0 Å². The molecule has 1 aromatic rings. The van der Waals surface area contributed by atoms with Crippen molar-refractivity contribution in [3.05, 3.63) is 28.8 Å². The molecule has 1 rings (SSSR count). The fourth-order valence-electron chi connectivity index (χ4n) is 3.01. The van der Waals surface area contributed by atoms with E-state index in [-0.39, 0.29) is 16.7 Å². The van der Waals surface area contributed by atoms with Crippen LogP contribution in [0.1, 0.15) is 84.9 Å². The van der Waals surface area contributed by atoms with Crippen LogP contribution >= 0.6 is 0 Å². The molecule has 3 N–H and O–H groups in total. The lowest BCUT2D eigenvalue weighted by Crippen LogP contribution is -2.39. The minimum absolute atomic E-state index is 0.217. The van der Waals surface area contributed by atoms with Crippen molar-refractivity contribution in [3.63, 3.8) is 0 Å². The van der Waals surface area contributed by atoms with Crippen LogP contribution in [0.2, 0.25) is 0 Å². The summed E-state index contributed by atoms with van der Waals surface area (Å²) in [6.45, 7) is 16.4. The van der Waals surface area contributed by atoms with Gasteiger partial charge in [0.1, 0.15) is 5.75 Å². The lowest BCUT2D eigenvalue weighted by Gasteiger charge is -2.33. The molecular weight excluding hydrogens is 286 g/mol. The monoisotopic (exact) mass is 319 g/mol. The van der Waals surface area contributed by atoms with Crippen molar-refractivity contribution in [1.82, 2.24) is 0 Å². The molecule has 0 aliphatic rings. The van der Waals surface area contributed by atoms with Crippen molar-refractivity contribution in [2.75, 3.05) is 0 Å². The Hall–Kier alpha value is -1.51. The standard InChI is InChI=1S/C20H33NO2/c1-9-10-20(8,17(21)23)13-11-14(18(2,3)4)16(22)15(12-13)19(5,6)7/h11-12,22H,9-10H2,1-8H3,(H2,21,23). The SMILES string of the molecule is CCCC(C)(C(N)=O)c1cc(C(C)(C)C)c(O)c(C(C)(C)C)c1. The minimum Gasteiger partial charge on any atom is -0.507 e. The van der Waals surface area contributed by atoms with E-state index < -0.39 is 5.41 Å². The molecular formula is C20H33NO2. The van der Waals surface area contributed by atoms with Crippen LogP contribution in [0, 0.1) is 0 Å². The van der Waals surface area contributed by atoms with Crippen molar-refractivity contribution >= 4 is 5.91 Å². The maximum absolute atomic E-state index is 12.2. The van der Waals surface area contributed by atoms with E-state index >= 15 is 0 Å². The van der Waals surface area contributed by atoms with Crippen molar-refractivity contribution in [1.29, 1.82) is 0 Å². The summed E-state index contributed by atoms with van der Waals surface area (Å²) in [4.78, 5) is 12.2. The topological polar surface area (TPSA) is 63.3 Å². The molecule has 0 aromatic heterocycles. The molecule has 23 heavy (non-hydrogen) atoms. The molecule has 1 aromatic carbocycles. The van der Waals surface area contributed by atoms with Gasteiger partial charge in [-0.15, -0.1) is 0 Å². The smallest absolute Gasteiger partial charge is 0.227 e. The van der Waals surface area contributed by atoms with Crippen molar-refractivity contribution < 1.29 is 9.90 Å². The fraction of sp³-hybridized carbons (Fsp3) is 0.650. The summed E-state index contributed by atoms with van der Waals surface area (Å²) in [6, 6.07) is 3.93. The number of carbonyl (C=O) groups is 1. The Balaban J connectivity index is 3.78. The number of carbonyl (C=O) groups excluding carboxylic acids is 1. The second-order valence-corrected chi connectivity index (χ2v) is 8.87. The zero-order valence-corrected chi connectivity index (χ0v) is 16.0. The maximum Gasteiger partial charge on any atom is 0.227 e. The van der Waals surface area contributed by atoms with Gasteiger partial charge < -0.3 is 10.8 Å². The number of phenolic OH excluding ortho intramolecular Hbond substituents is 1. The first kappa shape index (κ1) is 19.5. The third-order valence-electron chi connectivity index (χ3n) is 4.66. The summed E-state index contributed by atoms with van der Waals surface area (Å²) in [6.07, 6.45) is 1.57. The van der Waals surface area contributed by atoms with Gasteiger partial charge in [0.15, 0.2) is 0 Å². The molecule has 130 valence electrons. The van der Waals surface area contributed by atoms with Gasteiger partial charge in [-0.05, 0) is 40.9 Å². The number of benzene rings is 1. The summed E-state index contributed by atoms with van der Waals surface area (Å²) < 4.78 is 0. The molecule has 0 aliphatic heterocycles. The summed E-state index contributed by atoms with van der Waals surface area (Å²) in [5, 5.41) is 10.8. The van der Waals surface area contributed by atoms with Gasteiger partial charge in [0, 0.05) is 0 Å². The highest BCUT2D eigenvalue weighted by molar-refractivity contribution is 5.86. The van der Waals surface area contributed by atoms with Crippen LogP contribution in [0.5, 0.6) is 5.75 Å². The lowest BCUT2D eigenvalue weighted by atomic mass is 9.72. The van der Waals surface area contributed by atoms with Gasteiger partial charge >= 0.3 is 0 Å². The van der Waals surface area contributed by atoms with E-state index in [1.165, 1.54) is 0 Å². The molecule has 0 heterocycles. The Kier molecular flexibility index (Phi) is 5.25. The number of hydrogen-bond donors (Lipinski definition) is 2. The molecule has 1 amide bonds. The normalized spacial score (nSPS) is 15.3. The third kappa shape index (κ3) is 3.88. The minimum atomic E-state index is -0.720. The first-order valence-corrected chi connectivity index (χ1v) is 8.43. The Morgan fingerprint density at radius 2 is 1.39 bits per heavy atom. The lowest BCUT2D eigenvalue weighted by molar-refractivity contribution is -0.123. The van der Waals surface area contributed by atoms with Crippen LogP contribution in [0.3, 0.4) is 0 Å². The Morgan fingerprint density at radius 1 is 1.00 bits per heavy atom. The van der Waals surface area contributed by atoms with Crippen molar-refractivity contribution in [2.24, 2.45) is 5.73 Å². The van der Waals surface area contributed by atoms with Crippen LogP contribution < -0.4 is 5.73 Å². The zero-order valence-electron chi connectivity index (χ0n) is 16.0. The van der Waals surface area contributed by atoms with Crippen LogP contribution in [0.15, 0.2) is 12.1 Å². The van der Waals surface area contributed by atoms with Crippen LogP contribution in [-0.4, -0.2) is 11.0 Å². The molecule has 1 atom stereocenters.